The van der Waals surface area contributed by atoms with Crippen molar-refractivity contribution in [3.05, 3.63) is 33.9 Å². The maximum atomic E-state index is 13.1. The molecule has 1 saturated heterocycles. The molecule has 0 spiro atoms. The highest BCUT2D eigenvalue weighted by Gasteiger charge is 2.50. The van der Waals surface area contributed by atoms with E-state index >= 15 is 0 Å². The number of sulfonamides is 1. The van der Waals surface area contributed by atoms with E-state index in [4.69, 9.17) is 0 Å². The van der Waals surface area contributed by atoms with Crippen LogP contribution in [0.2, 0.25) is 0 Å². The smallest absolute Gasteiger partial charge is 0.384 e. The maximum absolute atomic E-state index is 13.1. The monoisotopic (exact) mass is 435 g/mol. The van der Waals surface area contributed by atoms with Crippen molar-refractivity contribution in [2.75, 3.05) is 25.0 Å². The number of alkyl halides is 6. The van der Waals surface area contributed by atoms with Crippen LogP contribution >= 0.6 is 0 Å². The number of nitrogens with one attached hydrogen (secondary N) is 1. The highest BCUT2D eigenvalue weighted by atomic mass is 32.2. The third-order valence-corrected chi connectivity index (χ3v) is 5.94. The number of hydrogen-bond donors (Lipinski definition) is 1. The van der Waals surface area contributed by atoms with Gasteiger partial charge in [0, 0.05) is 37.5 Å². The van der Waals surface area contributed by atoms with Gasteiger partial charge < -0.3 is 5.32 Å². The van der Waals surface area contributed by atoms with Gasteiger partial charge in [-0.2, -0.15) is 30.6 Å². The molecule has 0 radical (unpaired) electrons. The van der Waals surface area contributed by atoms with E-state index in [1.807, 2.05) is 0 Å². The molecule has 1 aromatic rings. The molecule has 2 rings (SSSR count). The number of hydrogen-bond acceptors (Lipinski definition) is 5. The summed E-state index contributed by atoms with van der Waals surface area (Å²) in [6, 6.07) is 2.20. The highest BCUT2D eigenvalue weighted by Crippen LogP contribution is 2.37. The molecule has 7 nitrogen and oxygen atoms in total. The lowest BCUT2D eigenvalue weighted by Gasteiger charge is -2.31. The van der Waals surface area contributed by atoms with Crippen LogP contribution in [0.15, 0.2) is 18.2 Å². The predicted molar refractivity (Wildman–Crippen MR) is 85.9 cm³/mol. The van der Waals surface area contributed by atoms with Crippen molar-refractivity contribution in [3.8, 4) is 0 Å². The van der Waals surface area contributed by atoms with Gasteiger partial charge in [0.05, 0.1) is 10.5 Å². The lowest BCUT2D eigenvalue weighted by Crippen LogP contribution is -2.45. The molecule has 1 aliphatic rings. The van der Waals surface area contributed by atoms with E-state index in [2.05, 4.69) is 5.32 Å². The molecule has 0 saturated carbocycles. The first-order valence-corrected chi connectivity index (χ1v) is 9.33. The standard InChI is InChI=1S/C14H15F6N3O4S/c15-13(16,17)11-7-10(23(24)25)1-2-12(11)21-8-9-3-5-22(6-4-9)28(26,27)14(18,19)20/h1-2,7,9,21H,3-6,8H2. The van der Waals surface area contributed by atoms with Crippen LogP contribution in [0, 0.1) is 16.0 Å². The predicted octanol–water partition coefficient (Wildman–Crippen LogP) is 3.59. The molecule has 28 heavy (non-hydrogen) atoms. The van der Waals surface area contributed by atoms with Gasteiger partial charge in [-0.25, -0.2) is 8.42 Å². The van der Waals surface area contributed by atoms with E-state index in [1.54, 1.807) is 0 Å². The highest BCUT2D eigenvalue weighted by molar-refractivity contribution is 7.90. The fourth-order valence-corrected chi connectivity index (χ4v) is 3.77. The summed E-state index contributed by atoms with van der Waals surface area (Å²) < 4.78 is 99.9. The molecule has 0 aliphatic carbocycles. The Morgan fingerprint density at radius 3 is 2.18 bits per heavy atom. The molecule has 1 N–H and O–H groups in total. The Bertz CT molecular complexity index is 832. The molecule has 0 unspecified atom stereocenters. The molecule has 1 heterocycles. The van der Waals surface area contributed by atoms with Crippen molar-refractivity contribution in [3.63, 3.8) is 0 Å². The first-order chi connectivity index (χ1) is 12.7. The number of anilines is 1. The summed E-state index contributed by atoms with van der Waals surface area (Å²) in [6.07, 6.45) is -4.80. The molecule has 0 atom stereocenters. The summed E-state index contributed by atoms with van der Waals surface area (Å²) in [4.78, 5) is 9.70. The third kappa shape index (κ3) is 4.84. The minimum Gasteiger partial charge on any atom is -0.384 e. The lowest BCUT2D eigenvalue weighted by molar-refractivity contribution is -0.385. The Morgan fingerprint density at radius 1 is 1.14 bits per heavy atom. The molecule has 1 aliphatic heterocycles. The quantitative estimate of drug-likeness (QED) is 0.434. The van der Waals surface area contributed by atoms with E-state index < -0.39 is 56.7 Å². The van der Waals surface area contributed by atoms with Crippen molar-refractivity contribution >= 4 is 21.4 Å². The van der Waals surface area contributed by atoms with E-state index in [1.165, 1.54) is 0 Å². The van der Waals surface area contributed by atoms with Crippen LogP contribution in [0.3, 0.4) is 0 Å². The zero-order valence-corrected chi connectivity index (χ0v) is 14.9. The number of nitrogens with zero attached hydrogens (tertiary/aromatic N) is 2. The summed E-state index contributed by atoms with van der Waals surface area (Å²) in [5, 5.41) is 13.2. The van der Waals surface area contributed by atoms with Gasteiger partial charge in [0.15, 0.2) is 0 Å². The molecule has 0 aromatic heterocycles. The van der Waals surface area contributed by atoms with Crippen LogP contribution in [-0.4, -0.2) is 42.8 Å². The number of halogens is 6. The van der Waals surface area contributed by atoms with E-state index in [0.717, 1.165) is 12.1 Å². The Labute approximate surface area is 155 Å². The van der Waals surface area contributed by atoms with Gasteiger partial charge in [0.1, 0.15) is 0 Å². The fraction of sp³-hybridized carbons (Fsp3) is 0.571. The second-order valence-corrected chi connectivity index (χ2v) is 8.09. The van der Waals surface area contributed by atoms with Gasteiger partial charge in [0.2, 0.25) is 0 Å². The minimum absolute atomic E-state index is 0.0244. The topological polar surface area (TPSA) is 92.6 Å². The number of non-ortho nitro benzene ring substituents is 1. The average molecular weight is 435 g/mol. The zero-order chi connectivity index (χ0) is 21.3. The first kappa shape index (κ1) is 22.2. The largest absolute Gasteiger partial charge is 0.511 e. The SMILES string of the molecule is O=[N+]([O-])c1ccc(NCC2CCN(S(=O)(=O)C(F)(F)F)CC2)c(C(F)(F)F)c1. The van der Waals surface area contributed by atoms with Crippen molar-refractivity contribution in [2.45, 2.75) is 24.5 Å². The van der Waals surface area contributed by atoms with Crippen molar-refractivity contribution in [2.24, 2.45) is 5.92 Å². The van der Waals surface area contributed by atoms with Crippen LogP contribution in [0.4, 0.5) is 37.7 Å². The van der Waals surface area contributed by atoms with Gasteiger partial charge in [-0.3, -0.25) is 10.1 Å². The number of nitro benzene ring substituents is 1. The summed E-state index contributed by atoms with van der Waals surface area (Å²) in [5.74, 6) is -0.365. The second-order valence-electron chi connectivity index (χ2n) is 6.16. The van der Waals surface area contributed by atoms with Crippen LogP contribution in [0.1, 0.15) is 18.4 Å². The van der Waals surface area contributed by atoms with Crippen molar-refractivity contribution < 1.29 is 39.7 Å². The molecular formula is C14H15F6N3O4S. The minimum atomic E-state index is -5.43. The van der Waals surface area contributed by atoms with Gasteiger partial charge in [-0.1, -0.05) is 0 Å². The Morgan fingerprint density at radius 2 is 1.71 bits per heavy atom. The summed E-state index contributed by atoms with van der Waals surface area (Å²) >= 11 is 0. The van der Waals surface area contributed by atoms with Crippen molar-refractivity contribution in [1.82, 2.24) is 4.31 Å². The first-order valence-electron chi connectivity index (χ1n) is 7.89. The molecule has 1 aromatic carbocycles. The normalized spacial score (nSPS) is 17.5. The number of benzene rings is 1. The summed E-state index contributed by atoms with van der Waals surface area (Å²) in [7, 11) is -5.43. The van der Waals surface area contributed by atoms with Crippen LogP contribution in [-0.2, 0) is 16.2 Å². The summed E-state index contributed by atoms with van der Waals surface area (Å²) in [6.45, 7) is -0.859. The van der Waals surface area contributed by atoms with E-state index in [9.17, 15) is 44.9 Å². The number of nitro groups is 1. The summed E-state index contributed by atoms with van der Waals surface area (Å²) in [5.41, 5.74) is -7.77. The molecule has 158 valence electrons. The molecule has 0 amide bonds. The molecule has 14 heteroatoms. The Hall–Kier alpha value is -2.09. The van der Waals surface area contributed by atoms with Crippen molar-refractivity contribution in [1.29, 1.82) is 0 Å². The van der Waals surface area contributed by atoms with Crippen LogP contribution in [0.5, 0.6) is 0 Å². The second kappa shape index (κ2) is 7.73. The fourth-order valence-electron chi connectivity index (χ4n) is 2.79. The molecule has 1 fully saturated rings. The van der Waals surface area contributed by atoms with Gasteiger partial charge >= 0.3 is 21.7 Å². The lowest BCUT2D eigenvalue weighted by atomic mass is 9.98. The van der Waals surface area contributed by atoms with Crippen LogP contribution < -0.4 is 5.32 Å². The van der Waals surface area contributed by atoms with E-state index in [-0.39, 0.29) is 25.3 Å². The van der Waals surface area contributed by atoms with Gasteiger partial charge in [-0.15, -0.1) is 0 Å². The Balaban J connectivity index is 2.04. The van der Waals surface area contributed by atoms with Gasteiger partial charge in [0.25, 0.3) is 5.69 Å². The number of rotatable bonds is 5. The average Bonchev–Trinajstić information content (AvgIpc) is 2.58. The maximum Gasteiger partial charge on any atom is 0.511 e. The third-order valence-electron chi connectivity index (χ3n) is 4.31. The molecular weight excluding hydrogens is 420 g/mol. The molecule has 0 bridgehead atoms. The number of piperidine rings is 1. The van der Waals surface area contributed by atoms with Gasteiger partial charge in [-0.05, 0) is 24.8 Å². The van der Waals surface area contributed by atoms with Crippen LogP contribution in [0.25, 0.3) is 0 Å². The van der Waals surface area contributed by atoms with E-state index in [0.29, 0.717) is 10.4 Å². The Kier molecular flexibility index (Phi) is 6.13. The zero-order valence-electron chi connectivity index (χ0n) is 14.0.